The summed E-state index contributed by atoms with van der Waals surface area (Å²) in [5.74, 6) is 0.00409. The molecule has 0 radical (unpaired) electrons. The van der Waals surface area contributed by atoms with Gasteiger partial charge in [-0.25, -0.2) is 5.43 Å². The fourth-order valence-electron chi connectivity index (χ4n) is 2.91. The number of hydrogen-bond donors (Lipinski definition) is 2. The van der Waals surface area contributed by atoms with Gasteiger partial charge in [0.25, 0.3) is 5.91 Å². The van der Waals surface area contributed by atoms with Gasteiger partial charge in [0, 0.05) is 17.7 Å². The molecule has 0 saturated carbocycles. The topological polar surface area (TPSA) is 70.6 Å². The van der Waals surface area contributed by atoms with Crippen LogP contribution in [-0.2, 0) is 4.79 Å². The maximum absolute atomic E-state index is 12.5. The highest BCUT2D eigenvalue weighted by Crippen LogP contribution is 2.12. The molecule has 0 fully saturated rings. The van der Waals surface area contributed by atoms with Crippen LogP contribution in [0.25, 0.3) is 0 Å². The average molecular weight is 394 g/mol. The second-order valence-electron chi connectivity index (χ2n) is 7.55. The van der Waals surface area contributed by atoms with Crippen LogP contribution >= 0.6 is 0 Å². The summed E-state index contributed by atoms with van der Waals surface area (Å²) in [6.07, 6.45) is 4.58. The maximum atomic E-state index is 12.5. The van der Waals surface area contributed by atoms with Gasteiger partial charge in [-0.1, -0.05) is 63.9 Å². The van der Waals surface area contributed by atoms with Gasteiger partial charge in [0.2, 0.25) is 5.91 Å². The van der Waals surface area contributed by atoms with Crippen molar-refractivity contribution in [3.63, 3.8) is 0 Å². The standard InChI is InChI=1S/C24H31N3O2/c1-4-5-7-12-22(19-10-8-6-9-11-19)26-27-24(29)20-13-15-21(16-14-20)25-23(28)17-18(2)3/h6,8-11,13-16,18H,4-5,7,12,17H2,1-3H3,(H,25,28)(H,27,29)/b26-22+. The Bertz CT molecular complexity index is 812. The summed E-state index contributed by atoms with van der Waals surface area (Å²) in [7, 11) is 0. The summed E-state index contributed by atoms with van der Waals surface area (Å²) in [5, 5.41) is 7.23. The van der Waals surface area contributed by atoms with E-state index in [9.17, 15) is 9.59 Å². The van der Waals surface area contributed by atoms with Crippen molar-refractivity contribution in [3.05, 3.63) is 65.7 Å². The third-order valence-electron chi connectivity index (χ3n) is 4.44. The summed E-state index contributed by atoms with van der Waals surface area (Å²) in [6.45, 7) is 6.16. The van der Waals surface area contributed by atoms with Gasteiger partial charge in [-0.15, -0.1) is 0 Å². The minimum Gasteiger partial charge on any atom is -0.326 e. The summed E-state index contributed by atoms with van der Waals surface area (Å²) in [6, 6.07) is 16.8. The van der Waals surface area contributed by atoms with Crippen LogP contribution in [0, 0.1) is 5.92 Å². The fourth-order valence-corrected chi connectivity index (χ4v) is 2.91. The lowest BCUT2D eigenvalue weighted by Gasteiger charge is -2.09. The Hall–Kier alpha value is -2.95. The Morgan fingerprint density at radius 2 is 1.62 bits per heavy atom. The van der Waals surface area contributed by atoms with Crippen LogP contribution in [-0.4, -0.2) is 17.5 Å². The first kappa shape index (κ1) is 22.3. The molecule has 2 aromatic rings. The van der Waals surface area contributed by atoms with E-state index in [4.69, 9.17) is 0 Å². The number of benzene rings is 2. The molecule has 0 aliphatic carbocycles. The molecule has 5 heteroatoms. The predicted molar refractivity (Wildman–Crippen MR) is 119 cm³/mol. The Labute approximate surface area is 173 Å². The molecule has 0 aromatic heterocycles. The third kappa shape index (κ3) is 7.90. The molecule has 0 unspecified atom stereocenters. The Morgan fingerprint density at radius 1 is 0.931 bits per heavy atom. The minimum atomic E-state index is -0.269. The minimum absolute atomic E-state index is 0.0265. The van der Waals surface area contributed by atoms with Crippen molar-refractivity contribution in [3.8, 4) is 0 Å². The third-order valence-corrected chi connectivity index (χ3v) is 4.44. The predicted octanol–water partition coefficient (Wildman–Crippen LogP) is 5.39. The Kier molecular flexibility index (Phi) is 9.09. The normalized spacial score (nSPS) is 11.4. The van der Waals surface area contributed by atoms with E-state index in [0.717, 1.165) is 37.0 Å². The summed E-state index contributed by atoms with van der Waals surface area (Å²) >= 11 is 0. The number of unbranched alkanes of at least 4 members (excludes halogenated alkanes) is 2. The first-order valence-electron chi connectivity index (χ1n) is 10.3. The molecule has 2 amide bonds. The summed E-state index contributed by atoms with van der Waals surface area (Å²) < 4.78 is 0. The molecular formula is C24H31N3O2. The zero-order chi connectivity index (χ0) is 21.1. The van der Waals surface area contributed by atoms with E-state index < -0.39 is 0 Å². The number of carbonyl (C=O) groups excluding carboxylic acids is 2. The molecule has 0 atom stereocenters. The second kappa shape index (κ2) is 11.8. The molecule has 2 rings (SSSR count). The molecule has 2 N–H and O–H groups in total. The van der Waals surface area contributed by atoms with Crippen LogP contribution in [0.2, 0.25) is 0 Å². The van der Waals surface area contributed by atoms with Crippen molar-refractivity contribution < 1.29 is 9.59 Å². The van der Waals surface area contributed by atoms with Gasteiger partial charge in [-0.3, -0.25) is 9.59 Å². The van der Waals surface area contributed by atoms with Gasteiger partial charge in [0.05, 0.1) is 5.71 Å². The highest BCUT2D eigenvalue weighted by Gasteiger charge is 2.09. The average Bonchev–Trinajstić information content (AvgIpc) is 2.71. The van der Waals surface area contributed by atoms with Crippen LogP contribution in [0.4, 0.5) is 5.69 Å². The molecule has 5 nitrogen and oxygen atoms in total. The van der Waals surface area contributed by atoms with Crippen molar-refractivity contribution in [1.29, 1.82) is 0 Å². The number of rotatable bonds is 10. The van der Waals surface area contributed by atoms with Crippen molar-refractivity contribution in [1.82, 2.24) is 5.43 Å². The van der Waals surface area contributed by atoms with Gasteiger partial charge >= 0.3 is 0 Å². The van der Waals surface area contributed by atoms with Gasteiger partial charge < -0.3 is 5.32 Å². The molecule has 0 bridgehead atoms. The molecule has 2 aromatic carbocycles. The second-order valence-corrected chi connectivity index (χ2v) is 7.55. The number of anilines is 1. The lowest BCUT2D eigenvalue weighted by Crippen LogP contribution is -2.20. The molecular weight excluding hydrogens is 362 g/mol. The van der Waals surface area contributed by atoms with Gasteiger partial charge in [0.15, 0.2) is 0 Å². The van der Waals surface area contributed by atoms with Crippen LogP contribution < -0.4 is 10.7 Å². The van der Waals surface area contributed by atoms with E-state index in [1.54, 1.807) is 24.3 Å². The van der Waals surface area contributed by atoms with Crippen LogP contribution in [0.1, 0.15) is 68.8 Å². The zero-order valence-corrected chi connectivity index (χ0v) is 17.6. The molecule has 154 valence electrons. The molecule has 29 heavy (non-hydrogen) atoms. The molecule has 0 heterocycles. The lowest BCUT2D eigenvalue weighted by atomic mass is 10.0. The van der Waals surface area contributed by atoms with Gasteiger partial charge in [-0.2, -0.15) is 5.10 Å². The number of hydrogen-bond acceptors (Lipinski definition) is 3. The van der Waals surface area contributed by atoms with Gasteiger partial charge in [-0.05, 0) is 48.6 Å². The van der Waals surface area contributed by atoms with E-state index >= 15 is 0 Å². The molecule has 0 aliphatic heterocycles. The number of nitrogens with zero attached hydrogens (tertiary/aromatic N) is 1. The number of carbonyl (C=O) groups is 2. The summed E-state index contributed by atoms with van der Waals surface area (Å²) in [4.78, 5) is 24.3. The highest BCUT2D eigenvalue weighted by atomic mass is 16.2. The number of amides is 2. The molecule has 0 spiro atoms. The first-order chi connectivity index (χ1) is 14.0. The Morgan fingerprint density at radius 3 is 2.24 bits per heavy atom. The van der Waals surface area contributed by atoms with E-state index in [1.807, 2.05) is 44.2 Å². The van der Waals surface area contributed by atoms with Crippen molar-refractivity contribution in [2.45, 2.75) is 52.9 Å². The fraction of sp³-hybridized carbons (Fsp3) is 0.375. The molecule has 0 saturated heterocycles. The van der Waals surface area contributed by atoms with Gasteiger partial charge in [0.1, 0.15) is 0 Å². The monoisotopic (exact) mass is 393 g/mol. The number of hydrazone groups is 1. The van der Waals surface area contributed by atoms with Crippen LogP contribution in [0.15, 0.2) is 59.7 Å². The van der Waals surface area contributed by atoms with E-state index in [-0.39, 0.29) is 11.8 Å². The number of nitrogens with one attached hydrogen (secondary N) is 2. The van der Waals surface area contributed by atoms with Crippen molar-refractivity contribution in [2.24, 2.45) is 11.0 Å². The maximum Gasteiger partial charge on any atom is 0.271 e. The van der Waals surface area contributed by atoms with Crippen molar-refractivity contribution >= 4 is 23.2 Å². The van der Waals surface area contributed by atoms with E-state index in [2.05, 4.69) is 22.8 Å². The first-order valence-corrected chi connectivity index (χ1v) is 10.3. The Balaban J connectivity index is 2.01. The van der Waals surface area contributed by atoms with Crippen LogP contribution in [0.3, 0.4) is 0 Å². The molecule has 0 aliphatic rings. The summed E-state index contributed by atoms with van der Waals surface area (Å²) in [5.41, 5.74) is 5.75. The van der Waals surface area contributed by atoms with E-state index in [1.165, 1.54) is 0 Å². The lowest BCUT2D eigenvalue weighted by molar-refractivity contribution is -0.116. The van der Waals surface area contributed by atoms with Crippen molar-refractivity contribution in [2.75, 3.05) is 5.32 Å². The van der Waals surface area contributed by atoms with Crippen LogP contribution in [0.5, 0.6) is 0 Å². The quantitative estimate of drug-likeness (QED) is 0.323. The smallest absolute Gasteiger partial charge is 0.271 e. The zero-order valence-electron chi connectivity index (χ0n) is 17.6. The highest BCUT2D eigenvalue weighted by molar-refractivity contribution is 6.02. The SMILES string of the molecule is CCCCC/C(=N\NC(=O)c1ccc(NC(=O)CC(C)C)cc1)c1ccccc1. The largest absolute Gasteiger partial charge is 0.326 e. The van der Waals surface area contributed by atoms with E-state index in [0.29, 0.717) is 23.6 Å².